The van der Waals surface area contributed by atoms with Crippen molar-refractivity contribution < 1.29 is 42.5 Å². The van der Waals surface area contributed by atoms with Crippen molar-refractivity contribution in [3.8, 4) is 5.75 Å². The zero-order valence-corrected chi connectivity index (χ0v) is 22.5. The molecular formula is C26H33ClF3N3O6. The summed E-state index contributed by atoms with van der Waals surface area (Å²) in [5.41, 5.74) is 1.44. The van der Waals surface area contributed by atoms with E-state index >= 15 is 0 Å². The number of nitrogens with one attached hydrogen (secondary N) is 1. The van der Waals surface area contributed by atoms with Crippen molar-refractivity contribution in [2.24, 2.45) is 5.92 Å². The van der Waals surface area contributed by atoms with Crippen LogP contribution in [-0.2, 0) is 9.59 Å². The first kappa shape index (κ1) is 33.5. The minimum atomic E-state index is -5.08. The number of anilines is 1. The predicted octanol–water partition coefficient (Wildman–Crippen LogP) is 5.60. The molecule has 3 N–H and O–H groups in total. The van der Waals surface area contributed by atoms with Crippen LogP contribution >= 0.6 is 11.6 Å². The maximum atomic E-state index is 13.2. The van der Waals surface area contributed by atoms with Gasteiger partial charge in [0.2, 0.25) is 0 Å². The van der Waals surface area contributed by atoms with Crippen LogP contribution in [0.4, 0.5) is 18.9 Å². The van der Waals surface area contributed by atoms with Gasteiger partial charge in [0.25, 0.3) is 5.91 Å². The van der Waals surface area contributed by atoms with E-state index in [1.54, 1.807) is 30.6 Å². The highest BCUT2D eigenvalue weighted by atomic mass is 35.5. The van der Waals surface area contributed by atoms with Crippen molar-refractivity contribution >= 4 is 35.1 Å². The first-order valence-corrected chi connectivity index (χ1v) is 12.6. The molecule has 1 amide bonds. The Morgan fingerprint density at radius 2 is 1.72 bits per heavy atom. The van der Waals surface area contributed by atoms with E-state index in [1.807, 2.05) is 17.0 Å². The average molecular weight is 576 g/mol. The number of hydrogen-bond acceptors (Lipinski definition) is 6. The molecule has 2 rings (SSSR count). The molecule has 1 heterocycles. The molecule has 1 aromatic carbocycles. The third kappa shape index (κ3) is 14.8. The van der Waals surface area contributed by atoms with E-state index < -0.39 is 18.1 Å². The number of carboxylic acid groups (broad SMARTS) is 2. The molecule has 0 radical (unpaired) electrons. The lowest BCUT2D eigenvalue weighted by Crippen LogP contribution is -2.35. The van der Waals surface area contributed by atoms with Gasteiger partial charge in [0.05, 0.1) is 0 Å². The summed E-state index contributed by atoms with van der Waals surface area (Å²) >= 11 is 6.26. The number of unbranched alkanes of at least 4 members (excludes halogenated alkanes) is 2. The molecule has 0 aliphatic rings. The number of aromatic nitrogens is 1. The third-order valence-electron chi connectivity index (χ3n) is 4.93. The van der Waals surface area contributed by atoms with Crippen LogP contribution in [-0.4, -0.2) is 70.4 Å². The van der Waals surface area contributed by atoms with Crippen molar-refractivity contribution in [2.75, 3.05) is 31.6 Å². The number of alkyl halides is 3. The van der Waals surface area contributed by atoms with Crippen molar-refractivity contribution in [2.45, 2.75) is 45.7 Å². The molecule has 0 fully saturated rings. The summed E-state index contributed by atoms with van der Waals surface area (Å²) in [5, 5.41) is 19.6. The number of carbonyl (C=O) groups is 3. The molecule has 216 valence electrons. The molecular weight excluding hydrogens is 543 g/mol. The van der Waals surface area contributed by atoms with Crippen LogP contribution < -0.4 is 10.1 Å². The van der Waals surface area contributed by atoms with Crippen molar-refractivity contribution in [1.29, 1.82) is 0 Å². The minimum Gasteiger partial charge on any atom is -0.492 e. The normalized spacial score (nSPS) is 10.8. The Morgan fingerprint density at radius 1 is 1.08 bits per heavy atom. The van der Waals surface area contributed by atoms with Crippen LogP contribution in [0.15, 0.2) is 42.7 Å². The summed E-state index contributed by atoms with van der Waals surface area (Å²) < 4.78 is 37.5. The number of hydrogen-bond donors (Lipinski definition) is 3. The summed E-state index contributed by atoms with van der Waals surface area (Å²) in [7, 11) is 0. The van der Waals surface area contributed by atoms with E-state index in [9.17, 15) is 22.8 Å². The molecule has 0 unspecified atom stereocenters. The van der Waals surface area contributed by atoms with Gasteiger partial charge in [-0.15, -0.1) is 0 Å². The monoisotopic (exact) mass is 575 g/mol. The maximum Gasteiger partial charge on any atom is 0.490 e. The first-order chi connectivity index (χ1) is 18.3. The van der Waals surface area contributed by atoms with E-state index in [1.165, 1.54) is 0 Å². The molecule has 0 aliphatic heterocycles. The maximum absolute atomic E-state index is 13.2. The smallest absolute Gasteiger partial charge is 0.490 e. The number of nitrogens with zero attached hydrogens (tertiary/aromatic N) is 2. The second kappa shape index (κ2) is 17.1. The highest BCUT2D eigenvalue weighted by Gasteiger charge is 2.38. The number of carbonyl (C=O) groups excluding carboxylic acids is 1. The van der Waals surface area contributed by atoms with Gasteiger partial charge in [0, 0.05) is 54.7 Å². The first-order valence-electron chi connectivity index (χ1n) is 12.2. The quantitative estimate of drug-likeness (QED) is 0.248. The summed E-state index contributed by atoms with van der Waals surface area (Å²) in [5.74, 6) is -2.79. The topological polar surface area (TPSA) is 129 Å². The van der Waals surface area contributed by atoms with E-state index in [0.29, 0.717) is 54.9 Å². The molecule has 0 atom stereocenters. The fourth-order valence-electron chi connectivity index (χ4n) is 3.26. The van der Waals surface area contributed by atoms with Gasteiger partial charge in [-0.1, -0.05) is 31.9 Å². The number of halogens is 4. The number of carboxylic acids is 2. The molecule has 13 heteroatoms. The second-order valence-electron chi connectivity index (χ2n) is 8.84. The van der Waals surface area contributed by atoms with Gasteiger partial charge in [0.1, 0.15) is 12.4 Å². The van der Waals surface area contributed by atoms with Crippen molar-refractivity contribution in [3.05, 3.63) is 53.3 Å². The van der Waals surface area contributed by atoms with Gasteiger partial charge in [0.15, 0.2) is 0 Å². The van der Waals surface area contributed by atoms with Crippen LogP contribution in [0.25, 0.3) is 0 Å². The minimum absolute atomic E-state index is 0.0980. The van der Waals surface area contributed by atoms with Crippen LogP contribution in [0.3, 0.4) is 0 Å². The third-order valence-corrected chi connectivity index (χ3v) is 5.15. The zero-order valence-electron chi connectivity index (χ0n) is 21.7. The van der Waals surface area contributed by atoms with Crippen LogP contribution in [0.2, 0.25) is 5.02 Å². The Bertz CT molecular complexity index is 1050. The number of ether oxygens (including phenoxy) is 1. The molecule has 39 heavy (non-hydrogen) atoms. The lowest BCUT2D eigenvalue weighted by Gasteiger charge is -2.25. The van der Waals surface area contributed by atoms with Gasteiger partial charge in [-0.25, -0.2) is 4.79 Å². The Labute approximate surface area is 229 Å². The average Bonchev–Trinajstić information content (AvgIpc) is 2.85. The number of rotatable bonds is 14. The van der Waals surface area contributed by atoms with Crippen LogP contribution in [0, 0.1) is 5.92 Å². The van der Waals surface area contributed by atoms with Crippen molar-refractivity contribution in [1.82, 2.24) is 9.88 Å². The Kier molecular flexibility index (Phi) is 14.7. The van der Waals surface area contributed by atoms with Gasteiger partial charge in [-0.05, 0) is 49.1 Å². The second-order valence-corrected chi connectivity index (χ2v) is 9.28. The Balaban J connectivity index is 0.000000956. The van der Waals surface area contributed by atoms with Crippen LogP contribution in [0.5, 0.6) is 5.75 Å². The van der Waals surface area contributed by atoms with E-state index in [-0.39, 0.29) is 12.3 Å². The summed E-state index contributed by atoms with van der Waals surface area (Å²) in [4.78, 5) is 38.5. The molecule has 0 spiro atoms. The number of amides is 1. The zero-order chi connectivity index (χ0) is 29.4. The standard InChI is InChI=1S/C24H32ClN3O4.C2HF3O2/c1-18(2)17-28(12-5-3-4-6-23(29)30)24(31)19-14-20(25)16-22(15-19)32-13-11-27-21-7-9-26-10-8-21;3-2(4,5)1(6)7/h7-10,14-16,18H,3-6,11-13,17H2,1-2H3,(H,26,27)(H,29,30);(H,6,7). The van der Waals surface area contributed by atoms with Gasteiger partial charge in [-0.2, -0.15) is 13.2 Å². The Morgan fingerprint density at radius 3 is 2.28 bits per heavy atom. The van der Waals surface area contributed by atoms with Gasteiger partial charge >= 0.3 is 18.1 Å². The Hall–Kier alpha value is -3.54. The summed E-state index contributed by atoms with van der Waals surface area (Å²) in [6, 6.07) is 8.83. The van der Waals surface area contributed by atoms with E-state index in [0.717, 1.165) is 18.5 Å². The van der Waals surface area contributed by atoms with Gasteiger partial charge < -0.3 is 25.2 Å². The molecule has 0 aliphatic carbocycles. The van der Waals surface area contributed by atoms with Crippen LogP contribution in [0.1, 0.15) is 49.9 Å². The summed E-state index contributed by atoms with van der Waals surface area (Å²) in [6.07, 6.45) is 0.643. The predicted molar refractivity (Wildman–Crippen MR) is 140 cm³/mol. The number of pyridine rings is 1. The largest absolute Gasteiger partial charge is 0.492 e. The van der Waals surface area contributed by atoms with Gasteiger partial charge in [-0.3, -0.25) is 14.6 Å². The fraction of sp³-hybridized carbons (Fsp3) is 0.462. The highest BCUT2D eigenvalue weighted by Crippen LogP contribution is 2.23. The molecule has 9 nitrogen and oxygen atoms in total. The lowest BCUT2D eigenvalue weighted by atomic mass is 10.1. The van der Waals surface area contributed by atoms with Crippen molar-refractivity contribution in [3.63, 3.8) is 0 Å². The molecule has 1 aromatic heterocycles. The molecule has 2 aromatic rings. The lowest BCUT2D eigenvalue weighted by molar-refractivity contribution is -0.192. The molecule has 0 saturated heterocycles. The SMILES string of the molecule is CC(C)CN(CCCCCC(=O)O)C(=O)c1cc(Cl)cc(OCCNc2ccncc2)c1.O=C(O)C(F)(F)F. The van der Waals surface area contributed by atoms with E-state index in [4.69, 9.17) is 31.3 Å². The number of benzene rings is 1. The van der Waals surface area contributed by atoms with E-state index in [2.05, 4.69) is 24.1 Å². The number of aliphatic carboxylic acids is 2. The fourth-order valence-corrected chi connectivity index (χ4v) is 3.48. The summed E-state index contributed by atoms with van der Waals surface area (Å²) in [6.45, 7) is 6.33. The highest BCUT2D eigenvalue weighted by molar-refractivity contribution is 6.31. The molecule has 0 saturated carbocycles. The molecule has 0 bridgehead atoms.